The first-order valence-corrected chi connectivity index (χ1v) is 7.20. The van der Waals surface area contributed by atoms with Crippen molar-refractivity contribution >= 4 is 10.0 Å². The van der Waals surface area contributed by atoms with E-state index in [1.807, 2.05) is 19.9 Å². The lowest BCUT2D eigenvalue weighted by Gasteiger charge is -2.12. The van der Waals surface area contributed by atoms with E-state index < -0.39 is 10.0 Å². The second-order valence-corrected chi connectivity index (χ2v) is 5.88. The van der Waals surface area contributed by atoms with Gasteiger partial charge in [0.25, 0.3) is 0 Å². The Morgan fingerprint density at radius 3 is 2.41 bits per heavy atom. The molecule has 0 heterocycles. The Bertz CT molecular complexity index is 495. The van der Waals surface area contributed by atoms with Crippen molar-refractivity contribution in [2.45, 2.75) is 38.6 Å². The lowest BCUT2D eigenvalue weighted by atomic mass is 10.1. The second kappa shape index (κ2) is 5.62. The maximum absolute atomic E-state index is 12.0. The molecule has 1 aromatic carbocycles. The lowest BCUT2D eigenvalue weighted by Crippen LogP contribution is -2.25. The monoisotopic (exact) mass is 256 g/mol. The third kappa shape index (κ3) is 3.28. The van der Waals surface area contributed by atoms with Gasteiger partial charge in [0.1, 0.15) is 0 Å². The van der Waals surface area contributed by atoms with Crippen molar-refractivity contribution in [2.75, 3.05) is 6.54 Å². The van der Waals surface area contributed by atoms with Crippen LogP contribution in [-0.2, 0) is 16.6 Å². The van der Waals surface area contributed by atoms with E-state index in [1.54, 1.807) is 13.0 Å². The number of nitrogens with two attached hydrogens (primary N) is 1. The van der Waals surface area contributed by atoms with Crippen LogP contribution in [0.3, 0.4) is 0 Å². The number of nitrogens with one attached hydrogen (secondary N) is 1. The molecule has 17 heavy (non-hydrogen) atoms. The van der Waals surface area contributed by atoms with Crippen LogP contribution in [0.5, 0.6) is 0 Å². The molecule has 0 fully saturated rings. The quantitative estimate of drug-likeness (QED) is 0.837. The molecule has 96 valence electrons. The van der Waals surface area contributed by atoms with Gasteiger partial charge in [0.2, 0.25) is 10.0 Å². The Morgan fingerprint density at radius 2 is 1.88 bits per heavy atom. The van der Waals surface area contributed by atoms with Crippen LogP contribution in [0.25, 0.3) is 0 Å². The van der Waals surface area contributed by atoms with Crippen molar-refractivity contribution in [1.82, 2.24) is 4.72 Å². The zero-order chi connectivity index (χ0) is 13.1. The van der Waals surface area contributed by atoms with Crippen LogP contribution in [0.4, 0.5) is 0 Å². The highest BCUT2D eigenvalue weighted by atomic mass is 32.2. The zero-order valence-corrected chi connectivity index (χ0v) is 11.4. The molecule has 5 heteroatoms. The molecule has 0 atom stereocenters. The average molecular weight is 256 g/mol. The first-order valence-electron chi connectivity index (χ1n) is 5.72. The van der Waals surface area contributed by atoms with E-state index in [-0.39, 0.29) is 0 Å². The number of rotatable bonds is 5. The lowest BCUT2D eigenvalue weighted by molar-refractivity contribution is 0.580. The first-order chi connectivity index (χ1) is 7.92. The summed E-state index contributed by atoms with van der Waals surface area (Å²) in [6.07, 6.45) is 0.772. The van der Waals surface area contributed by atoms with Gasteiger partial charge in [-0.05, 0) is 43.0 Å². The van der Waals surface area contributed by atoms with Crippen molar-refractivity contribution in [3.8, 4) is 0 Å². The predicted molar refractivity (Wildman–Crippen MR) is 69.3 cm³/mol. The maximum Gasteiger partial charge on any atom is 0.240 e. The van der Waals surface area contributed by atoms with E-state index in [2.05, 4.69) is 4.72 Å². The van der Waals surface area contributed by atoms with Crippen molar-refractivity contribution < 1.29 is 8.42 Å². The summed E-state index contributed by atoms with van der Waals surface area (Å²) in [4.78, 5) is 0.331. The highest BCUT2D eigenvalue weighted by Crippen LogP contribution is 2.20. The van der Waals surface area contributed by atoms with Gasteiger partial charge in [-0.25, -0.2) is 13.1 Å². The van der Waals surface area contributed by atoms with Gasteiger partial charge in [0.05, 0.1) is 4.90 Å². The minimum atomic E-state index is -3.41. The van der Waals surface area contributed by atoms with Crippen LogP contribution in [0, 0.1) is 13.8 Å². The minimum absolute atomic E-state index is 0.331. The van der Waals surface area contributed by atoms with Gasteiger partial charge in [-0.2, -0.15) is 0 Å². The summed E-state index contributed by atoms with van der Waals surface area (Å²) in [5, 5.41) is 0. The summed E-state index contributed by atoms with van der Waals surface area (Å²) in [5.74, 6) is 0. The zero-order valence-electron chi connectivity index (χ0n) is 10.6. The number of hydrogen-bond donors (Lipinski definition) is 2. The molecule has 4 nitrogen and oxygen atoms in total. The Morgan fingerprint density at radius 1 is 1.24 bits per heavy atom. The molecule has 1 rings (SSSR count). The SMILES string of the molecule is CCCNS(=O)(=O)c1cc(CN)c(C)cc1C. The molecule has 0 bridgehead atoms. The molecule has 0 aliphatic heterocycles. The van der Waals surface area contributed by atoms with Crippen molar-refractivity contribution in [1.29, 1.82) is 0 Å². The molecule has 0 aromatic heterocycles. The summed E-state index contributed by atoms with van der Waals surface area (Å²) >= 11 is 0. The van der Waals surface area contributed by atoms with E-state index in [4.69, 9.17) is 5.73 Å². The molecule has 0 saturated heterocycles. The molecule has 0 radical (unpaired) electrons. The standard InChI is InChI=1S/C12H20N2O2S/c1-4-5-14-17(15,16)12-7-11(8-13)9(2)6-10(12)3/h6-7,14H,4-5,8,13H2,1-3H3. The summed E-state index contributed by atoms with van der Waals surface area (Å²) in [7, 11) is -3.41. The van der Waals surface area contributed by atoms with Crippen LogP contribution in [0.2, 0.25) is 0 Å². The first kappa shape index (κ1) is 14.2. The van der Waals surface area contributed by atoms with E-state index in [0.29, 0.717) is 18.0 Å². The normalized spacial score (nSPS) is 11.8. The number of hydrogen-bond acceptors (Lipinski definition) is 3. The smallest absolute Gasteiger partial charge is 0.240 e. The van der Waals surface area contributed by atoms with Gasteiger partial charge in [-0.15, -0.1) is 0 Å². The van der Waals surface area contributed by atoms with Crippen molar-refractivity contribution in [3.63, 3.8) is 0 Å². The molecule has 0 aliphatic carbocycles. The molecule has 0 unspecified atom stereocenters. The van der Waals surface area contributed by atoms with E-state index >= 15 is 0 Å². The fraction of sp³-hybridized carbons (Fsp3) is 0.500. The minimum Gasteiger partial charge on any atom is -0.326 e. The fourth-order valence-corrected chi connectivity index (χ4v) is 3.11. The summed E-state index contributed by atoms with van der Waals surface area (Å²) in [6, 6.07) is 3.53. The molecule has 3 N–H and O–H groups in total. The highest BCUT2D eigenvalue weighted by molar-refractivity contribution is 7.89. The Kier molecular flexibility index (Phi) is 4.68. The van der Waals surface area contributed by atoms with Crippen LogP contribution in [-0.4, -0.2) is 15.0 Å². The molecular formula is C12H20N2O2S. The van der Waals surface area contributed by atoms with Crippen LogP contribution in [0.15, 0.2) is 17.0 Å². The predicted octanol–water partition coefficient (Wildman–Crippen LogP) is 1.45. The average Bonchev–Trinajstić information content (AvgIpc) is 2.26. The number of sulfonamides is 1. The van der Waals surface area contributed by atoms with Gasteiger partial charge < -0.3 is 5.73 Å². The second-order valence-electron chi connectivity index (χ2n) is 4.15. The van der Waals surface area contributed by atoms with Crippen LogP contribution >= 0.6 is 0 Å². The van der Waals surface area contributed by atoms with Crippen LogP contribution in [0.1, 0.15) is 30.0 Å². The largest absolute Gasteiger partial charge is 0.326 e. The fourth-order valence-electron chi connectivity index (χ4n) is 1.70. The molecule has 0 spiro atoms. The third-order valence-corrected chi connectivity index (χ3v) is 4.29. The van der Waals surface area contributed by atoms with Gasteiger partial charge in [-0.1, -0.05) is 13.0 Å². The van der Waals surface area contributed by atoms with Crippen molar-refractivity contribution in [3.05, 3.63) is 28.8 Å². The summed E-state index contributed by atoms with van der Waals surface area (Å²) in [6.45, 7) is 6.46. The third-order valence-electron chi connectivity index (χ3n) is 2.69. The Labute approximate surface area is 103 Å². The Hall–Kier alpha value is -0.910. The molecular weight excluding hydrogens is 236 g/mol. The number of aryl methyl sites for hydroxylation is 2. The highest BCUT2D eigenvalue weighted by Gasteiger charge is 2.17. The van der Waals surface area contributed by atoms with Gasteiger partial charge in [0, 0.05) is 13.1 Å². The Balaban J connectivity index is 3.22. The van der Waals surface area contributed by atoms with E-state index in [0.717, 1.165) is 23.1 Å². The van der Waals surface area contributed by atoms with Crippen LogP contribution < -0.4 is 10.5 Å². The van der Waals surface area contributed by atoms with Gasteiger partial charge >= 0.3 is 0 Å². The van der Waals surface area contributed by atoms with Gasteiger partial charge in [0.15, 0.2) is 0 Å². The molecule has 0 amide bonds. The summed E-state index contributed by atoms with van der Waals surface area (Å²) in [5.41, 5.74) is 8.25. The number of benzene rings is 1. The van der Waals surface area contributed by atoms with Gasteiger partial charge in [-0.3, -0.25) is 0 Å². The van der Waals surface area contributed by atoms with E-state index in [9.17, 15) is 8.42 Å². The molecule has 0 saturated carbocycles. The molecule has 1 aromatic rings. The maximum atomic E-state index is 12.0. The molecule has 0 aliphatic rings. The topological polar surface area (TPSA) is 72.2 Å². The van der Waals surface area contributed by atoms with Crippen molar-refractivity contribution in [2.24, 2.45) is 5.73 Å². The van der Waals surface area contributed by atoms with E-state index in [1.165, 1.54) is 0 Å². The summed E-state index contributed by atoms with van der Waals surface area (Å²) < 4.78 is 26.6.